The molecule has 6 heteroatoms. The van der Waals surface area contributed by atoms with E-state index in [1.54, 1.807) is 12.1 Å². The monoisotopic (exact) mass is 369 g/mol. The van der Waals surface area contributed by atoms with Crippen LogP contribution in [0.4, 0.5) is 5.69 Å². The molecule has 4 nitrogen and oxygen atoms in total. The molecule has 2 aromatic carbocycles. The number of hydrogen-bond acceptors (Lipinski definition) is 4. The Morgan fingerprint density at radius 3 is 2.36 bits per heavy atom. The highest BCUT2D eigenvalue weighted by Crippen LogP contribution is 2.36. The number of thiocarbonyl (C=S) groups is 1. The number of benzene rings is 2. The Morgan fingerprint density at radius 2 is 1.80 bits per heavy atom. The van der Waals surface area contributed by atoms with Gasteiger partial charge in [0, 0.05) is 0 Å². The van der Waals surface area contributed by atoms with E-state index in [9.17, 15) is 9.59 Å². The standard InChI is InChI=1S/C19H15NO3S2/c1-2-12-3-5-13(6-4-12)11-16-17(21)20(19(24)25-16)15-9-7-14(8-10-15)18(22)23/h3-11H,2H2,1H3,(H,22,23). The van der Waals surface area contributed by atoms with Crippen LogP contribution < -0.4 is 4.90 Å². The summed E-state index contributed by atoms with van der Waals surface area (Å²) in [4.78, 5) is 25.6. The molecule has 0 unspecified atom stereocenters. The largest absolute Gasteiger partial charge is 0.478 e. The quantitative estimate of drug-likeness (QED) is 0.641. The van der Waals surface area contributed by atoms with Crippen LogP contribution >= 0.6 is 24.0 Å². The first kappa shape index (κ1) is 17.4. The van der Waals surface area contributed by atoms with E-state index in [0.717, 1.165) is 12.0 Å². The lowest BCUT2D eigenvalue weighted by Crippen LogP contribution is -2.27. The Kier molecular flexibility index (Phi) is 5.01. The molecule has 25 heavy (non-hydrogen) atoms. The van der Waals surface area contributed by atoms with Crippen molar-refractivity contribution in [3.63, 3.8) is 0 Å². The van der Waals surface area contributed by atoms with Crippen LogP contribution in [0.3, 0.4) is 0 Å². The predicted octanol–water partition coefficient (Wildman–Crippen LogP) is 4.35. The number of carbonyl (C=O) groups is 2. The van der Waals surface area contributed by atoms with E-state index < -0.39 is 5.97 Å². The van der Waals surface area contributed by atoms with E-state index >= 15 is 0 Å². The first-order valence-electron chi connectivity index (χ1n) is 7.70. The van der Waals surface area contributed by atoms with Crippen molar-refractivity contribution in [1.82, 2.24) is 0 Å². The summed E-state index contributed by atoms with van der Waals surface area (Å²) in [6.07, 6.45) is 2.79. The molecule has 0 aromatic heterocycles. The Hall–Kier alpha value is -2.44. The molecule has 0 bridgehead atoms. The second kappa shape index (κ2) is 7.21. The van der Waals surface area contributed by atoms with Crippen LogP contribution in [0, 0.1) is 0 Å². The molecule has 0 radical (unpaired) electrons. The maximum atomic E-state index is 12.7. The maximum absolute atomic E-state index is 12.7. The summed E-state index contributed by atoms with van der Waals surface area (Å²) in [5.41, 5.74) is 2.92. The van der Waals surface area contributed by atoms with Crippen LogP contribution in [-0.4, -0.2) is 21.3 Å². The number of thioether (sulfide) groups is 1. The predicted molar refractivity (Wildman–Crippen MR) is 105 cm³/mol. The highest BCUT2D eigenvalue weighted by Gasteiger charge is 2.33. The summed E-state index contributed by atoms with van der Waals surface area (Å²) >= 11 is 6.57. The highest BCUT2D eigenvalue weighted by atomic mass is 32.2. The fourth-order valence-electron chi connectivity index (χ4n) is 2.44. The number of rotatable bonds is 4. The van der Waals surface area contributed by atoms with Crippen LogP contribution in [0.5, 0.6) is 0 Å². The third kappa shape index (κ3) is 3.65. The average Bonchev–Trinajstić information content (AvgIpc) is 2.89. The number of amides is 1. The highest BCUT2D eigenvalue weighted by molar-refractivity contribution is 8.27. The molecule has 1 saturated heterocycles. The fourth-order valence-corrected chi connectivity index (χ4v) is 3.74. The van der Waals surface area contributed by atoms with Crippen molar-refractivity contribution in [2.45, 2.75) is 13.3 Å². The van der Waals surface area contributed by atoms with Crippen LogP contribution in [0.15, 0.2) is 53.4 Å². The first-order chi connectivity index (χ1) is 12.0. The van der Waals surface area contributed by atoms with Gasteiger partial charge in [-0.1, -0.05) is 55.2 Å². The van der Waals surface area contributed by atoms with Crippen molar-refractivity contribution in [3.05, 3.63) is 70.1 Å². The molecule has 1 fully saturated rings. The van der Waals surface area contributed by atoms with Gasteiger partial charge in [0.15, 0.2) is 4.32 Å². The number of hydrogen-bond donors (Lipinski definition) is 1. The van der Waals surface area contributed by atoms with Gasteiger partial charge < -0.3 is 5.11 Å². The van der Waals surface area contributed by atoms with Crippen molar-refractivity contribution in [1.29, 1.82) is 0 Å². The molecule has 1 aliphatic heterocycles. The van der Waals surface area contributed by atoms with Gasteiger partial charge in [-0.15, -0.1) is 0 Å². The second-order valence-corrected chi connectivity index (χ2v) is 7.14. The molecule has 0 aliphatic carbocycles. The van der Waals surface area contributed by atoms with Gasteiger partial charge in [0.25, 0.3) is 5.91 Å². The van der Waals surface area contributed by atoms with Crippen LogP contribution in [-0.2, 0) is 11.2 Å². The molecule has 2 aromatic rings. The van der Waals surface area contributed by atoms with Gasteiger partial charge in [-0.3, -0.25) is 9.69 Å². The van der Waals surface area contributed by atoms with E-state index in [-0.39, 0.29) is 11.5 Å². The van der Waals surface area contributed by atoms with Gasteiger partial charge in [0.1, 0.15) is 0 Å². The van der Waals surface area contributed by atoms with Gasteiger partial charge in [0.2, 0.25) is 0 Å². The zero-order valence-corrected chi connectivity index (χ0v) is 15.1. The summed E-state index contributed by atoms with van der Waals surface area (Å²) in [5, 5.41) is 8.97. The average molecular weight is 369 g/mol. The molecular formula is C19H15NO3S2. The zero-order chi connectivity index (χ0) is 18.0. The number of aromatic carboxylic acids is 1. The minimum absolute atomic E-state index is 0.167. The third-order valence-electron chi connectivity index (χ3n) is 3.85. The van der Waals surface area contributed by atoms with Gasteiger partial charge in [-0.2, -0.15) is 0 Å². The topological polar surface area (TPSA) is 57.6 Å². The van der Waals surface area contributed by atoms with E-state index in [1.807, 2.05) is 30.3 Å². The summed E-state index contributed by atoms with van der Waals surface area (Å²) < 4.78 is 0.435. The Morgan fingerprint density at radius 1 is 1.16 bits per heavy atom. The smallest absolute Gasteiger partial charge is 0.335 e. The number of carbonyl (C=O) groups excluding carboxylic acids is 1. The lowest BCUT2D eigenvalue weighted by Gasteiger charge is -2.14. The minimum Gasteiger partial charge on any atom is -0.478 e. The molecule has 0 spiro atoms. The molecule has 1 heterocycles. The molecular weight excluding hydrogens is 354 g/mol. The lowest BCUT2D eigenvalue weighted by atomic mass is 10.1. The molecule has 0 atom stereocenters. The number of aryl methyl sites for hydroxylation is 1. The SMILES string of the molecule is CCc1ccc(C=C2SC(=S)N(c3ccc(C(=O)O)cc3)C2=O)cc1. The number of nitrogens with zero attached hydrogens (tertiary/aromatic N) is 1. The van der Waals surface area contributed by atoms with Crippen LogP contribution in [0.25, 0.3) is 6.08 Å². The van der Waals surface area contributed by atoms with Gasteiger partial charge in [-0.25, -0.2) is 4.79 Å². The molecule has 1 N–H and O–H groups in total. The van der Waals surface area contributed by atoms with Crippen molar-refractivity contribution in [3.8, 4) is 0 Å². The van der Waals surface area contributed by atoms with E-state index in [4.69, 9.17) is 17.3 Å². The summed E-state index contributed by atoms with van der Waals surface area (Å²) in [6.45, 7) is 2.09. The van der Waals surface area contributed by atoms with E-state index in [1.165, 1.54) is 34.4 Å². The van der Waals surface area contributed by atoms with E-state index in [2.05, 4.69) is 6.92 Å². The van der Waals surface area contributed by atoms with Crippen LogP contribution in [0.1, 0.15) is 28.4 Å². The Labute approximate surface area is 155 Å². The van der Waals surface area contributed by atoms with E-state index in [0.29, 0.717) is 14.9 Å². The zero-order valence-electron chi connectivity index (χ0n) is 13.4. The van der Waals surface area contributed by atoms with Crippen molar-refractivity contribution >= 4 is 51.9 Å². The Balaban J connectivity index is 1.86. The van der Waals surface area contributed by atoms with Crippen molar-refractivity contribution in [2.75, 3.05) is 4.90 Å². The number of carboxylic acid groups (broad SMARTS) is 1. The normalized spacial score (nSPS) is 15.9. The lowest BCUT2D eigenvalue weighted by molar-refractivity contribution is -0.113. The molecule has 126 valence electrons. The van der Waals surface area contributed by atoms with Gasteiger partial charge >= 0.3 is 5.97 Å². The molecule has 1 amide bonds. The summed E-state index contributed by atoms with van der Waals surface area (Å²) in [7, 11) is 0. The third-order valence-corrected chi connectivity index (χ3v) is 5.15. The first-order valence-corrected chi connectivity index (χ1v) is 8.92. The number of carboxylic acids is 1. The van der Waals surface area contributed by atoms with Crippen molar-refractivity contribution < 1.29 is 14.7 Å². The minimum atomic E-state index is -1.01. The summed E-state index contributed by atoms with van der Waals surface area (Å²) in [5.74, 6) is -1.20. The molecule has 1 aliphatic rings. The van der Waals surface area contributed by atoms with Gasteiger partial charge in [0.05, 0.1) is 16.2 Å². The van der Waals surface area contributed by atoms with Crippen molar-refractivity contribution in [2.24, 2.45) is 0 Å². The maximum Gasteiger partial charge on any atom is 0.335 e. The Bertz CT molecular complexity index is 871. The fraction of sp³-hybridized carbons (Fsp3) is 0.105. The molecule has 3 rings (SSSR count). The molecule has 0 saturated carbocycles. The van der Waals surface area contributed by atoms with Crippen LogP contribution in [0.2, 0.25) is 0 Å². The number of anilines is 1. The van der Waals surface area contributed by atoms with Gasteiger partial charge in [-0.05, 0) is 47.9 Å². The second-order valence-electron chi connectivity index (χ2n) is 5.46. The summed E-state index contributed by atoms with van der Waals surface area (Å²) in [6, 6.07) is 14.1.